The van der Waals surface area contributed by atoms with Crippen molar-refractivity contribution in [2.45, 2.75) is 53.4 Å². The van der Waals surface area contributed by atoms with Gasteiger partial charge in [0.25, 0.3) is 0 Å². The van der Waals surface area contributed by atoms with Crippen molar-refractivity contribution in [3.63, 3.8) is 0 Å². The molecule has 82 valence electrons. The first-order chi connectivity index (χ1) is 6.37. The van der Waals surface area contributed by atoms with Crippen LogP contribution in [0.5, 0.6) is 0 Å². The molecule has 0 amide bonds. The number of allylic oxidation sites excluding steroid dienone is 1. The van der Waals surface area contributed by atoms with Crippen LogP contribution in [-0.2, 0) is 9.53 Å². The quantitative estimate of drug-likeness (QED) is 0.481. The molecule has 0 spiro atoms. The van der Waals surface area contributed by atoms with E-state index in [0.717, 1.165) is 19.3 Å². The normalized spacial score (nSPS) is 11.1. The fraction of sp³-hybridized carbons (Fsp3) is 0.750. The summed E-state index contributed by atoms with van der Waals surface area (Å²) in [5.74, 6) is 0.314. The van der Waals surface area contributed by atoms with Gasteiger partial charge >= 0.3 is 5.97 Å². The SMILES string of the molecule is C=C(C)OC(=O)CCCC(C)(C)CC. The average Bonchev–Trinajstić information content (AvgIpc) is 2.02. The van der Waals surface area contributed by atoms with E-state index >= 15 is 0 Å². The Kier molecular flexibility index (Phi) is 5.51. The van der Waals surface area contributed by atoms with Crippen molar-refractivity contribution in [1.29, 1.82) is 0 Å². The first-order valence-electron chi connectivity index (χ1n) is 5.23. The van der Waals surface area contributed by atoms with Crippen LogP contribution >= 0.6 is 0 Å². The third kappa shape index (κ3) is 6.70. The lowest BCUT2D eigenvalue weighted by molar-refractivity contribution is -0.139. The van der Waals surface area contributed by atoms with E-state index in [4.69, 9.17) is 4.74 Å². The lowest BCUT2D eigenvalue weighted by Crippen LogP contribution is -2.11. The zero-order valence-corrected chi connectivity index (χ0v) is 9.85. The molecule has 0 heterocycles. The number of rotatable bonds is 6. The van der Waals surface area contributed by atoms with E-state index in [-0.39, 0.29) is 5.97 Å². The Morgan fingerprint density at radius 2 is 2.00 bits per heavy atom. The number of carbonyl (C=O) groups is 1. The van der Waals surface area contributed by atoms with Gasteiger partial charge in [0.05, 0.1) is 5.76 Å². The van der Waals surface area contributed by atoms with Gasteiger partial charge in [0.1, 0.15) is 0 Å². The molecule has 2 nitrogen and oxygen atoms in total. The Morgan fingerprint density at radius 1 is 1.43 bits per heavy atom. The van der Waals surface area contributed by atoms with Gasteiger partial charge in [-0.2, -0.15) is 0 Å². The second kappa shape index (κ2) is 5.84. The molecule has 0 aliphatic carbocycles. The predicted molar refractivity (Wildman–Crippen MR) is 58.8 cm³/mol. The Balaban J connectivity index is 3.64. The highest BCUT2D eigenvalue weighted by molar-refractivity contribution is 5.70. The van der Waals surface area contributed by atoms with Crippen LogP contribution in [0.3, 0.4) is 0 Å². The van der Waals surface area contributed by atoms with Gasteiger partial charge in [-0.15, -0.1) is 0 Å². The van der Waals surface area contributed by atoms with Crippen LogP contribution in [0.25, 0.3) is 0 Å². The van der Waals surface area contributed by atoms with Crippen molar-refractivity contribution in [3.8, 4) is 0 Å². The van der Waals surface area contributed by atoms with Crippen molar-refractivity contribution >= 4 is 5.97 Å². The van der Waals surface area contributed by atoms with Gasteiger partial charge < -0.3 is 4.74 Å². The molecule has 2 heteroatoms. The van der Waals surface area contributed by atoms with E-state index in [2.05, 4.69) is 27.4 Å². The zero-order valence-electron chi connectivity index (χ0n) is 9.85. The topological polar surface area (TPSA) is 26.3 Å². The van der Waals surface area contributed by atoms with E-state index in [1.807, 2.05) is 0 Å². The molecule has 0 aromatic rings. The Morgan fingerprint density at radius 3 is 2.43 bits per heavy atom. The smallest absolute Gasteiger partial charge is 0.310 e. The molecule has 0 aliphatic rings. The summed E-state index contributed by atoms with van der Waals surface area (Å²) in [4.78, 5) is 11.1. The Bertz CT molecular complexity index is 204. The maximum absolute atomic E-state index is 11.1. The van der Waals surface area contributed by atoms with E-state index in [0.29, 0.717) is 17.6 Å². The van der Waals surface area contributed by atoms with Crippen molar-refractivity contribution in [2.75, 3.05) is 0 Å². The molecule has 0 rings (SSSR count). The summed E-state index contributed by atoms with van der Waals surface area (Å²) in [7, 11) is 0. The molecular weight excluding hydrogens is 176 g/mol. The zero-order chi connectivity index (χ0) is 11.2. The van der Waals surface area contributed by atoms with Crippen molar-refractivity contribution < 1.29 is 9.53 Å². The third-order valence-corrected chi connectivity index (χ3v) is 2.48. The van der Waals surface area contributed by atoms with E-state index < -0.39 is 0 Å². The second-order valence-corrected chi connectivity index (χ2v) is 4.55. The van der Waals surface area contributed by atoms with Gasteiger partial charge in [-0.1, -0.05) is 33.8 Å². The van der Waals surface area contributed by atoms with Crippen molar-refractivity contribution in [1.82, 2.24) is 0 Å². The largest absolute Gasteiger partial charge is 0.432 e. The van der Waals surface area contributed by atoms with Gasteiger partial charge in [0.2, 0.25) is 0 Å². The monoisotopic (exact) mass is 198 g/mol. The van der Waals surface area contributed by atoms with Crippen LogP contribution in [0, 0.1) is 5.41 Å². The minimum Gasteiger partial charge on any atom is -0.432 e. The number of hydrogen-bond acceptors (Lipinski definition) is 2. The minimum atomic E-state index is -0.163. The number of hydrogen-bond donors (Lipinski definition) is 0. The number of carbonyl (C=O) groups excluding carboxylic acids is 1. The summed E-state index contributed by atoms with van der Waals surface area (Å²) in [6.45, 7) is 11.8. The lowest BCUT2D eigenvalue weighted by atomic mass is 9.85. The number of esters is 1. The first-order valence-corrected chi connectivity index (χ1v) is 5.23. The highest BCUT2D eigenvalue weighted by Crippen LogP contribution is 2.26. The van der Waals surface area contributed by atoms with E-state index in [9.17, 15) is 4.79 Å². The molecule has 0 fully saturated rings. The standard InChI is InChI=1S/C12H22O2/c1-6-12(4,5)9-7-8-11(13)14-10(2)3/h2,6-9H2,1,3-5H3. The molecule has 0 saturated carbocycles. The summed E-state index contributed by atoms with van der Waals surface area (Å²) in [5.41, 5.74) is 0.337. The van der Waals surface area contributed by atoms with Gasteiger partial charge in [-0.25, -0.2) is 0 Å². The third-order valence-electron chi connectivity index (χ3n) is 2.48. The summed E-state index contributed by atoms with van der Waals surface area (Å²) in [5, 5.41) is 0. The Labute approximate surface area is 87.3 Å². The van der Waals surface area contributed by atoms with Gasteiger partial charge in [-0.05, 0) is 25.2 Å². The maximum Gasteiger partial charge on any atom is 0.310 e. The molecule has 0 unspecified atom stereocenters. The number of ether oxygens (including phenoxy) is 1. The van der Waals surface area contributed by atoms with E-state index in [1.165, 1.54) is 0 Å². The molecule has 0 atom stereocenters. The summed E-state index contributed by atoms with van der Waals surface area (Å²) < 4.78 is 4.87. The van der Waals surface area contributed by atoms with Gasteiger partial charge in [0, 0.05) is 6.42 Å². The Hall–Kier alpha value is -0.790. The van der Waals surface area contributed by atoms with Crippen LogP contribution in [0.15, 0.2) is 12.3 Å². The first kappa shape index (κ1) is 13.2. The molecular formula is C12H22O2. The average molecular weight is 198 g/mol. The van der Waals surface area contributed by atoms with Crippen LogP contribution in [0.4, 0.5) is 0 Å². The predicted octanol–water partition coefficient (Wildman–Crippen LogP) is 3.67. The summed E-state index contributed by atoms with van der Waals surface area (Å²) in [6, 6.07) is 0. The van der Waals surface area contributed by atoms with Crippen molar-refractivity contribution in [3.05, 3.63) is 12.3 Å². The highest BCUT2D eigenvalue weighted by Gasteiger charge is 2.15. The summed E-state index contributed by atoms with van der Waals surface area (Å²) >= 11 is 0. The van der Waals surface area contributed by atoms with Crippen LogP contribution < -0.4 is 0 Å². The molecule has 0 aromatic heterocycles. The molecule has 0 aliphatic heterocycles. The molecule has 0 N–H and O–H groups in total. The fourth-order valence-corrected chi connectivity index (χ4v) is 1.13. The van der Waals surface area contributed by atoms with Crippen molar-refractivity contribution in [2.24, 2.45) is 5.41 Å². The molecule has 0 bridgehead atoms. The fourth-order valence-electron chi connectivity index (χ4n) is 1.13. The van der Waals surface area contributed by atoms with E-state index in [1.54, 1.807) is 6.92 Å². The maximum atomic E-state index is 11.1. The van der Waals surface area contributed by atoms with Crippen LogP contribution in [0.2, 0.25) is 0 Å². The highest BCUT2D eigenvalue weighted by atomic mass is 16.5. The lowest BCUT2D eigenvalue weighted by Gasteiger charge is -2.21. The van der Waals surface area contributed by atoms with Crippen LogP contribution in [-0.4, -0.2) is 5.97 Å². The van der Waals surface area contributed by atoms with Crippen LogP contribution in [0.1, 0.15) is 53.4 Å². The van der Waals surface area contributed by atoms with Gasteiger partial charge in [0.15, 0.2) is 0 Å². The molecule has 0 saturated heterocycles. The molecule has 0 aromatic carbocycles. The molecule has 14 heavy (non-hydrogen) atoms. The second-order valence-electron chi connectivity index (χ2n) is 4.55. The summed E-state index contributed by atoms with van der Waals surface area (Å²) in [6.07, 6.45) is 3.60. The van der Waals surface area contributed by atoms with Gasteiger partial charge in [-0.3, -0.25) is 4.79 Å². The minimum absolute atomic E-state index is 0.163. The molecule has 0 radical (unpaired) electrons.